The zero-order chi connectivity index (χ0) is 11.9. The van der Waals surface area contributed by atoms with Crippen LogP contribution >= 0.6 is 0 Å². The fraction of sp³-hybridized carbons (Fsp3) is 0.214. The highest BCUT2D eigenvalue weighted by Crippen LogP contribution is 2.48. The van der Waals surface area contributed by atoms with E-state index in [9.17, 15) is 4.79 Å². The zero-order valence-electron chi connectivity index (χ0n) is 9.44. The van der Waals surface area contributed by atoms with E-state index >= 15 is 0 Å². The summed E-state index contributed by atoms with van der Waals surface area (Å²) in [7, 11) is 0. The van der Waals surface area contributed by atoms with Gasteiger partial charge in [-0.2, -0.15) is 0 Å². The van der Waals surface area contributed by atoms with E-state index in [1.54, 1.807) is 0 Å². The molecule has 0 aliphatic heterocycles. The topological polar surface area (TPSA) is 55.1 Å². The van der Waals surface area contributed by atoms with Crippen LogP contribution in [0, 0.1) is 0 Å². The summed E-state index contributed by atoms with van der Waals surface area (Å²) in [5.74, 6) is 5.17. The van der Waals surface area contributed by atoms with Crippen molar-refractivity contribution in [1.29, 1.82) is 0 Å². The molecule has 0 aromatic heterocycles. The summed E-state index contributed by atoms with van der Waals surface area (Å²) in [4.78, 5) is 11.8. The summed E-state index contributed by atoms with van der Waals surface area (Å²) in [6.07, 6.45) is 1.77. The smallest absolute Gasteiger partial charge is 0.244 e. The second kappa shape index (κ2) is 3.57. The fourth-order valence-electron chi connectivity index (χ4n) is 2.40. The summed E-state index contributed by atoms with van der Waals surface area (Å²) in [5.41, 5.74) is 2.97. The summed E-state index contributed by atoms with van der Waals surface area (Å²) in [6, 6.07) is 14.4. The molecule has 0 heterocycles. The van der Waals surface area contributed by atoms with Crippen LogP contribution in [0.15, 0.2) is 42.5 Å². The Hall–Kier alpha value is -1.87. The van der Waals surface area contributed by atoms with Crippen molar-refractivity contribution in [2.24, 2.45) is 5.84 Å². The maximum absolute atomic E-state index is 11.8. The minimum absolute atomic E-state index is 0.0761. The van der Waals surface area contributed by atoms with Gasteiger partial charge in [0.15, 0.2) is 0 Å². The largest absolute Gasteiger partial charge is 0.293 e. The number of benzene rings is 2. The number of fused-ring (bicyclic) bond motifs is 1. The SMILES string of the molecule is NNC(=O)C1(c2ccc3ccccc3c2)CC1. The van der Waals surface area contributed by atoms with E-state index in [0.29, 0.717) is 0 Å². The zero-order valence-corrected chi connectivity index (χ0v) is 9.44. The van der Waals surface area contributed by atoms with Crippen LogP contribution in [0.3, 0.4) is 0 Å². The van der Waals surface area contributed by atoms with Crippen LogP contribution in [0.1, 0.15) is 18.4 Å². The molecule has 3 rings (SSSR count). The van der Waals surface area contributed by atoms with Crippen molar-refractivity contribution >= 4 is 16.7 Å². The molecule has 1 aliphatic carbocycles. The van der Waals surface area contributed by atoms with E-state index in [4.69, 9.17) is 5.84 Å². The van der Waals surface area contributed by atoms with E-state index in [2.05, 4.69) is 29.7 Å². The van der Waals surface area contributed by atoms with Crippen LogP contribution in [0.4, 0.5) is 0 Å². The molecule has 0 atom stereocenters. The average Bonchev–Trinajstić information content (AvgIpc) is 3.19. The molecule has 1 fully saturated rings. The Morgan fingerprint density at radius 3 is 2.47 bits per heavy atom. The van der Waals surface area contributed by atoms with Gasteiger partial charge in [-0.1, -0.05) is 42.5 Å². The first-order chi connectivity index (χ1) is 8.26. The molecule has 2 aromatic rings. The Kier molecular flexibility index (Phi) is 2.16. The molecule has 17 heavy (non-hydrogen) atoms. The third kappa shape index (κ3) is 1.51. The number of amides is 1. The second-order valence-electron chi connectivity index (χ2n) is 4.62. The highest BCUT2D eigenvalue weighted by atomic mass is 16.2. The summed E-state index contributed by atoms with van der Waals surface area (Å²) >= 11 is 0. The summed E-state index contributed by atoms with van der Waals surface area (Å²) in [6.45, 7) is 0. The summed E-state index contributed by atoms with van der Waals surface area (Å²) in [5, 5.41) is 2.36. The number of nitrogens with two attached hydrogens (primary N) is 1. The molecule has 3 N–H and O–H groups in total. The van der Waals surface area contributed by atoms with Gasteiger partial charge in [0, 0.05) is 0 Å². The van der Waals surface area contributed by atoms with Crippen molar-refractivity contribution in [3.05, 3.63) is 48.0 Å². The van der Waals surface area contributed by atoms with Crippen LogP contribution < -0.4 is 11.3 Å². The predicted octanol–water partition coefficient (Wildman–Crippen LogP) is 1.86. The van der Waals surface area contributed by atoms with Gasteiger partial charge in [0.25, 0.3) is 0 Å². The highest BCUT2D eigenvalue weighted by molar-refractivity contribution is 5.93. The van der Waals surface area contributed by atoms with E-state index in [0.717, 1.165) is 18.4 Å². The van der Waals surface area contributed by atoms with E-state index in [1.807, 2.05) is 18.2 Å². The molecule has 0 bridgehead atoms. The number of carbonyl (C=O) groups excluding carboxylic acids is 1. The van der Waals surface area contributed by atoms with Crippen LogP contribution in [0.25, 0.3) is 10.8 Å². The van der Waals surface area contributed by atoms with Gasteiger partial charge >= 0.3 is 0 Å². The third-order valence-corrected chi connectivity index (χ3v) is 3.62. The van der Waals surface area contributed by atoms with E-state index in [1.165, 1.54) is 10.8 Å². The molecule has 1 amide bonds. The van der Waals surface area contributed by atoms with E-state index in [-0.39, 0.29) is 11.3 Å². The lowest BCUT2D eigenvalue weighted by Gasteiger charge is -2.14. The Balaban J connectivity index is 2.10. The first-order valence-corrected chi connectivity index (χ1v) is 5.77. The molecule has 0 unspecified atom stereocenters. The monoisotopic (exact) mass is 226 g/mol. The van der Waals surface area contributed by atoms with Crippen molar-refractivity contribution in [2.45, 2.75) is 18.3 Å². The number of hydrogen-bond donors (Lipinski definition) is 2. The van der Waals surface area contributed by atoms with Gasteiger partial charge in [-0.25, -0.2) is 5.84 Å². The lowest BCUT2D eigenvalue weighted by Crippen LogP contribution is -2.39. The van der Waals surface area contributed by atoms with Gasteiger partial charge < -0.3 is 0 Å². The molecule has 0 saturated heterocycles. The van der Waals surface area contributed by atoms with Gasteiger partial charge in [-0.05, 0) is 29.2 Å². The predicted molar refractivity (Wildman–Crippen MR) is 67.2 cm³/mol. The number of nitrogens with one attached hydrogen (secondary N) is 1. The molecule has 0 spiro atoms. The maximum atomic E-state index is 11.8. The Labute approximate surface area is 99.6 Å². The van der Waals surface area contributed by atoms with Crippen LogP contribution in [-0.2, 0) is 10.2 Å². The molecule has 86 valence electrons. The van der Waals surface area contributed by atoms with Crippen LogP contribution in [-0.4, -0.2) is 5.91 Å². The highest BCUT2D eigenvalue weighted by Gasteiger charge is 2.51. The van der Waals surface area contributed by atoms with Crippen molar-refractivity contribution < 1.29 is 4.79 Å². The van der Waals surface area contributed by atoms with Crippen molar-refractivity contribution in [3.8, 4) is 0 Å². The number of carbonyl (C=O) groups is 1. The standard InChI is InChI=1S/C14H14N2O/c15-16-13(17)14(7-8-14)12-6-5-10-3-1-2-4-11(10)9-12/h1-6,9H,7-8,15H2,(H,16,17). The second-order valence-corrected chi connectivity index (χ2v) is 4.62. The number of rotatable bonds is 2. The minimum Gasteiger partial charge on any atom is -0.293 e. The lowest BCUT2D eigenvalue weighted by atomic mass is 9.93. The Bertz CT molecular complexity index is 588. The first kappa shape index (κ1) is 10.3. The molecule has 3 nitrogen and oxygen atoms in total. The molecular formula is C14H14N2O. The van der Waals surface area contributed by atoms with Crippen molar-refractivity contribution in [3.63, 3.8) is 0 Å². The molecule has 1 aliphatic rings. The molecule has 3 heteroatoms. The van der Waals surface area contributed by atoms with Gasteiger partial charge in [0.05, 0.1) is 5.41 Å². The third-order valence-electron chi connectivity index (χ3n) is 3.62. The van der Waals surface area contributed by atoms with Gasteiger partial charge in [0.2, 0.25) is 5.91 Å². The minimum atomic E-state index is -0.376. The number of hydrogen-bond acceptors (Lipinski definition) is 2. The Morgan fingerprint density at radius 1 is 1.12 bits per heavy atom. The quantitative estimate of drug-likeness (QED) is 0.466. The normalized spacial score (nSPS) is 16.8. The van der Waals surface area contributed by atoms with Crippen molar-refractivity contribution in [1.82, 2.24) is 5.43 Å². The van der Waals surface area contributed by atoms with Gasteiger partial charge in [0.1, 0.15) is 0 Å². The fourth-order valence-corrected chi connectivity index (χ4v) is 2.40. The maximum Gasteiger partial charge on any atom is 0.244 e. The van der Waals surface area contributed by atoms with Crippen LogP contribution in [0.2, 0.25) is 0 Å². The lowest BCUT2D eigenvalue weighted by molar-refractivity contribution is -0.123. The Morgan fingerprint density at radius 2 is 1.82 bits per heavy atom. The number of hydrazine groups is 1. The average molecular weight is 226 g/mol. The molecule has 1 saturated carbocycles. The summed E-state index contributed by atoms with van der Waals surface area (Å²) < 4.78 is 0. The molecule has 2 aromatic carbocycles. The van der Waals surface area contributed by atoms with Gasteiger partial charge in [-0.3, -0.25) is 10.2 Å². The first-order valence-electron chi connectivity index (χ1n) is 5.77. The van der Waals surface area contributed by atoms with Crippen LogP contribution in [0.5, 0.6) is 0 Å². The van der Waals surface area contributed by atoms with E-state index < -0.39 is 0 Å². The van der Waals surface area contributed by atoms with Crippen molar-refractivity contribution in [2.75, 3.05) is 0 Å². The van der Waals surface area contributed by atoms with Gasteiger partial charge in [-0.15, -0.1) is 0 Å². The molecular weight excluding hydrogens is 212 g/mol. The molecule has 0 radical (unpaired) electrons.